The van der Waals surface area contributed by atoms with E-state index in [4.69, 9.17) is 17.3 Å². The molecule has 0 saturated carbocycles. The van der Waals surface area contributed by atoms with E-state index in [-0.39, 0.29) is 11.7 Å². The first kappa shape index (κ1) is 12.7. The van der Waals surface area contributed by atoms with E-state index < -0.39 is 0 Å². The van der Waals surface area contributed by atoms with Crippen molar-refractivity contribution < 1.29 is 4.79 Å². The van der Waals surface area contributed by atoms with Crippen LogP contribution in [0.3, 0.4) is 0 Å². The minimum absolute atomic E-state index is 0.0459. The van der Waals surface area contributed by atoms with E-state index in [1.807, 2.05) is 37.3 Å². The topological polar surface area (TPSA) is 43.1 Å². The molecule has 0 spiro atoms. The predicted molar refractivity (Wildman–Crippen MR) is 75.1 cm³/mol. The molecule has 2 aromatic carbocycles. The van der Waals surface area contributed by atoms with E-state index in [1.54, 1.807) is 18.2 Å². The van der Waals surface area contributed by atoms with Crippen LogP contribution in [0.5, 0.6) is 0 Å². The average molecular weight is 260 g/mol. The van der Waals surface area contributed by atoms with Gasteiger partial charge in [-0.05, 0) is 23.8 Å². The first-order chi connectivity index (χ1) is 8.59. The van der Waals surface area contributed by atoms with Gasteiger partial charge in [-0.25, -0.2) is 0 Å². The lowest BCUT2D eigenvalue weighted by atomic mass is 9.92. The molecule has 1 unspecified atom stereocenters. The standard InChI is InChI=1S/C15H14ClNO/c1-10(11-5-3-2-4-6-11)15(18)12-7-8-13(16)14(17)9-12/h2-10H,17H2,1H3. The normalized spacial score (nSPS) is 12.1. The van der Waals surface area contributed by atoms with E-state index in [0.29, 0.717) is 16.3 Å². The Morgan fingerprint density at radius 2 is 1.83 bits per heavy atom. The molecule has 0 aliphatic rings. The molecule has 2 nitrogen and oxygen atoms in total. The van der Waals surface area contributed by atoms with Crippen molar-refractivity contribution >= 4 is 23.1 Å². The average Bonchev–Trinajstić information content (AvgIpc) is 2.41. The predicted octanol–water partition coefficient (Wildman–Crippen LogP) is 3.91. The zero-order valence-electron chi connectivity index (χ0n) is 10.1. The monoisotopic (exact) mass is 259 g/mol. The summed E-state index contributed by atoms with van der Waals surface area (Å²) >= 11 is 5.85. The second-order valence-corrected chi connectivity index (χ2v) is 4.64. The van der Waals surface area contributed by atoms with Gasteiger partial charge in [0.15, 0.2) is 5.78 Å². The zero-order valence-corrected chi connectivity index (χ0v) is 10.8. The van der Waals surface area contributed by atoms with Crippen LogP contribution in [0, 0.1) is 0 Å². The van der Waals surface area contributed by atoms with E-state index in [9.17, 15) is 4.79 Å². The van der Waals surface area contributed by atoms with Crippen LogP contribution < -0.4 is 5.73 Å². The lowest BCUT2D eigenvalue weighted by molar-refractivity contribution is 0.0966. The highest BCUT2D eigenvalue weighted by Gasteiger charge is 2.17. The van der Waals surface area contributed by atoms with Gasteiger partial charge >= 0.3 is 0 Å². The highest BCUT2D eigenvalue weighted by Crippen LogP contribution is 2.24. The van der Waals surface area contributed by atoms with Gasteiger partial charge in [0.1, 0.15) is 0 Å². The molecular weight excluding hydrogens is 246 g/mol. The fraction of sp³-hybridized carbons (Fsp3) is 0.133. The quantitative estimate of drug-likeness (QED) is 0.671. The molecule has 3 heteroatoms. The van der Waals surface area contributed by atoms with Gasteiger partial charge in [-0.2, -0.15) is 0 Å². The van der Waals surface area contributed by atoms with Gasteiger partial charge in [0.05, 0.1) is 10.7 Å². The molecule has 0 saturated heterocycles. The third-order valence-electron chi connectivity index (χ3n) is 2.97. The fourth-order valence-corrected chi connectivity index (χ4v) is 1.96. The summed E-state index contributed by atoms with van der Waals surface area (Å²) in [5, 5.41) is 0.471. The van der Waals surface area contributed by atoms with Crippen molar-refractivity contribution in [2.24, 2.45) is 0 Å². The number of carbonyl (C=O) groups is 1. The SMILES string of the molecule is CC(C(=O)c1ccc(Cl)c(N)c1)c1ccccc1. The number of ketones is 1. The molecule has 92 valence electrons. The highest BCUT2D eigenvalue weighted by atomic mass is 35.5. The molecule has 0 radical (unpaired) electrons. The highest BCUT2D eigenvalue weighted by molar-refractivity contribution is 6.33. The van der Waals surface area contributed by atoms with Gasteiger partial charge in [-0.1, -0.05) is 48.9 Å². The number of hydrogen-bond acceptors (Lipinski definition) is 2. The van der Waals surface area contributed by atoms with Gasteiger partial charge < -0.3 is 5.73 Å². The van der Waals surface area contributed by atoms with Gasteiger partial charge in [0, 0.05) is 11.5 Å². The number of rotatable bonds is 3. The molecule has 18 heavy (non-hydrogen) atoms. The van der Waals surface area contributed by atoms with E-state index in [2.05, 4.69) is 0 Å². The Morgan fingerprint density at radius 3 is 2.44 bits per heavy atom. The lowest BCUT2D eigenvalue weighted by Gasteiger charge is -2.11. The second-order valence-electron chi connectivity index (χ2n) is 4.23. The Bertz CT molecular complexity index is 566. The fourth-order valence-electron chi connectivity index (χ4n) is 1.84. The summed E-state index contributed by atoms with van der Waals surface area (Å²) in [6.07, 6.45) is 0. The van der Waals surface area contributed by atoms with Crippen LogP contribution in [0.2, 0.25) is 5.02 Å². The van der Waals surface area contributed by atoms with Crippen LogP contribution in [-0.2, 0) is 0 Å². The molecule has 2 aromatic rings. The van der Waals surface area contributed by atoms with Crippen molar-refractivity contribution in [3.8, 4) is 0 Å². The van der Waals surface area contributed by atoms with Crippen LogP contribution in [0.25, 0.3) is 0 Å². The summed E-state index contributed by atoms with van der Waals surface area (Å²) in [5.41, 5.74) is 7.73. The molecule has 0 aromatic heterocycles. The van der Waals surface area contributed by atoms with Gasteiger partial charge in [-0.15, -0.1) is 0 Å². The molecule has 0 aliphatic heterocycles. The Kier molecular flexibility index (Phi) is 3.68. The van der Waals surface area contributed by atoms with E-state index >= 15 is 0 Å². The van der Waals surface area contributed by atoms with Gasteiger partial charge in [-0.3, -0.25) is 4.79 Å². The summed E-state index contributed by atoms with van der Waals surface area (Å²) in [5.74, 6) is -0.142. The van der Waals surface area contributed by atoms with Crippen LogP contribution >= 0.6 is 11.6 Å². The van der Waals surface area contributed by atoms with E-state index in [1.165, 1.54) is 0 Å². The Morgan fingerprint density at radius 1 is 1.17 bits per heavy atom. The maximum Gasteiger partial charge on any atom is 0.170 e. The van der Waals surface area contributed by atoms with E-state index in [0.717, 1.165) is 5.56 Å². The summed E-state index contributed by atoms with van der Waals surface area (Å²) < 4.78 is 0. The minimum Gasteiger partial charge on any atom is -0.398 e. The molecule has 2 rings (SSSR count). The third-order valence-corrected chi connectivity index (χ3v) is 3.32. The van der Waals surface area contributed by atoms with Crippen molar-refractivity contribution in [2.75, 3.05) is 5.73 Å². The molecule has 0 heterocycles. The Labute approximate surface area is 111 Å². The van der Waals surface area contributed by atoms with Crippen molar-refractivity contribution in [3.63, 3.8) is 0 Å². The maximum absolute atomic E-state index is 12.3. The number of hydrogen-bond donors (Lipinski definition) is 1. The van der Waals surface area contributed by atoms with Crippen LogP contribution in [0.4, 0.5) is 5.69 Å². The Hall–Kier alpha value is -1.80. The molecule has 1 atom stereocenters. The summed E-state index contributed by atoms with van der Waals surface area (Å²) in [6, 6.07) is 14.7. The number of halogens is 1. The number of carbonyl (C=O) groups excluding carboxylic acids is 1. The zero-order chi connectivity index (χ0) is 13.1. The summed E-state index contributed by atoms with van der Waals surface area (Å²) in [4.78, 5) is 12.3. The first-order valence-corrected chi connectivity index (χ1v) is 6.11. The van der Waals surface area contributed by atoms with Crippen molar-refractivity contribution in [3.05, 3.63) is 64.7 Å². The molecule has 0 bridgehead atoms. The van der Waals surface area contributed by atoms with Crippen molar-refractivity contribution in [1.29, 1.82) is 0 Å². The van der Waals surface area contributed by atoms with Crippen LogP contribution in [0.15, 0.2) is 48.5 Å². The number of anilines is 1. The third kappa shape index (κ3) is 2.54. The number of nitrogen functional groups attached to an aromatic ring is 1. The lowest BCUT2D eigenvalue weighted by Crippen LogP contribution is -2.10. The molecule has 0 fully saturated rings. The van der Waals surface area contributed by atoms with Crippen LogP contribution in [0.1, 0.15) is 28.8 Å². The summed E-state index contributed by atoms with van der Waals surface area (Å²) in [7, 11) is 0. The van der Waals surface area contributed by atoms with Crippen LogP contribution in [-0.4, -0.2) is 5.78 Å². The number of Topliss-reactive ketones (excluding diaryl/α,β-unsaturated/α-hetero) is 1. The largest absolute Gasteiger partial charge is 0.398 e. The van der Waals surface area contributed by atoms with Crippen molar-refractivity contribution in [2.45, 2.75) is 12.8 Å². The summed E-state index contributed by atoms with van der Waals surface area (Å²) in [6.45, 7) is 1.89. The first-order valence-electron chi connectivity index (χ1n) is 5.74. The number of benzene rings is 2. The molecular formula is C15H14ClNO. The second kappa shape index (κ2) is 5.23. The van der Waals surface area contributed by atoms with Gasteiger partial charge in [0.2, 0.25) is 0 Å². The maximum atomic E-state index is 12.3. The molecule has 0 aliphatic carbocycles. The Balaban J connectivity index is 2.29. The van der Waals surface area contributed by atoms with Crippen molar-refractivity contribution in [1.82, 2.24) is 0 Å². The molecule has 2 N–H and O–H groups in total. The number of nitrogens with two attached hydrogens (primary N) is 1. The molecule has 0 amide bonds. The smallest absolute Gasteiger partial charge is 0.170 e. The minimum atomic E-state index is -0.188. The van der Waals surface area contributed by atoms with Gasteiger partial charge in [0.25, 0.3) is 0 Å².